The van der Waals surface area contributed by atoms with Crippen molar-refractivity contribution in [2.24, 2.45) is 5.92 Å². The lowest BCUT2D eigenvalue weighted by molar-refractivity contribution is -0.123. The van der Waals surface area contributed by atoms with Gasteiger partial charge in [-0.05, 0) is 0 Å². The molecule has 0 aromatic heterocycles. The van der Waals surface area contributed by atoms with Gasteiger partial charge in [-0.15, -0.1) is 0 Å². The van der Waals surface area contributed by atoms with Gasteiger partial charge in [0.15, 0.2) is 0 Å². The number of Topliss-reactive ketones (excluding diaryl/α,β-unsaturated/α-hetero) is 1. The lowest BCUT2D eigenvalue weighted by Crippen LogP contribution is -2.50. The Morgan fingerprint density at radius 2 is 1.75 bits per heavy atom. The summed E-state index contributed by atoms with van der Waals surface area (Å²) in [5, 5.41) is 0. The third-order valence-corrected chi connectivity index (χ3v) is 2.83. The molecular weight excluding hydrogens is 208 g/mol. The Morgan fingerprint density at radius 1 is 1.19 bits per heavy atom. The van der Waals surface area contributed by atoms with E-state index in [-0.39, 0.29) is 17.8 Å². The number of rotatable bonds is 3. The first-order valence-corrected chi connectivity index (χ1v) is 5.62. The van der Waals surface area contributed by atoms with E-state index in [4.69, 9.17) is 0 Å². The first kappa shape index (κ1) is 13.0. The van der Waals surface area contributed by atoms with Crippen molar-refractivity contribution in [2.45, 2.75) is 13.8 Å². The van der Waals surface area contributed by atoms with Crippen LogP contribution in [0, 0.1) is 5.92 Å². The number of nitrogens with zero attached hydrogens (tertiary/aromatic N) is 2. The molecule has 1 saturated heterocycles. The van der Waals surface area contributed by atoms with Gasteiger partial charge in [-0.1, -0.05) is 13.8 Å². The smallest absolute Gasteiger partial charge is 0.409 e. The molecule has 1 fully saturated rings. The van der Waals surface area contributed by atoms with Crippen molar-refractivity contribution in [2.75, 3.05) is 39.8 Å². The molecule has 0 aromatic carbocycles. The molecule has 0 bridgehead atoms. The highest BCUT2D eigenvalue weighted by Crippen LogP contribution is 2.05. The summed E-state index contributed by atoms with van der Waals surface area (Å²) < 4.78 is 4.65. The fourth-order valence-electron chi connectivity index (χ4n) is 1.62. The molecular formula is C11H20N2O3. The zero-order chi connectivity index (χ0) is 12.1. The van der Waals surface area contributed by atoms with E-state index in [1.807, 2.05) is 13.8 Å². The van der Waals surface area contributed by atoms with Crippen LogP contribution in [-0.2, 0) is 9.53 Å². The van der Waals surface area contributed by atoms with Gasteiger partial charge in [0.2, 0.25) is 0 Å². The molecule has 1 amide bonds. The summed E-state index contributed by atoms with van der Waals surface area (Å²) in [4.78, 5) is 26.5. The molecule has 0 aromatic rings. The number of ketones is 1. The van der Waals surface area contributed by atoms with Gasteiger partial charge in [-0.2, -0.15) is 0 Å². The molecule has 0 saturated carbocycles. The molecule has 0 N–H and O–H groups in total. The first-order valence-electron chi connectivity index (χ1n) is 5.62. The fraction of sp³-hybridized carbons (Fsp3) is 0.818. The van der Waals surface area contributed by atoms with Gasteiger partial charge in [-0.3, -0.25) is 9.69 Å². The Morgan fingerprint density at radius 3 is 2.19 bits per heavy atom. The maximum Gasteiger partial charge on any atom is 0.409 e. The van der Waals surface area contributed by atoms with Crippen LogP contribution < -0.4 is 0 Å². The van der Waals surface area contributed by atoms with Crippen LogP contribution in [0.5, 0.6) is 0 Å². The predicted molar refractivity (Wildman–Crippen MR) is 60.3 cm³/mol. The summed E-state index contributed by atoms with van der Waals surface area (Å²) in [7, 11) is 1.39. The SMILES string of the molecule is COC(=O)N1CCN(CC(=O)C(C)C)CC1. The van der Waals surface area contributed by atoms with E-state index in [9.17, 15) is 9.59 Å². The monoisotopic (exact) mass is 228 g/mol. The molecule has 0 aliphatic carbocycles. The number of hydrogen-bond acceptors (Lipinski definition) is 4. The molecule has 0 spiro atoms. The van der Waals surface area contributed by atoms with E-state index in [0.717, 1.165) is 13.1 Å². The Bertz CT molecular complexity index is 258. The average molecular weight is 228 g/mol. The van der Waals surface area contributed by atoms with Gasteiger partial charge in [0, 0.05) is 32.1 Å². The molecule has 1 aliphatic rings. The van der Waals surface area contributed by atoms with E-state index >= 15 is 0 Å². The van der Waals surface area contributed by atoms with Crippen molar-refractivity contribution in [3.05, 3.63) is 0 Å². The molecule has 5 heteroatoms. The van der Waals surface area contributed by atoms with Crippen molar-refractivity contribution >= 4 is 11.9 Å². The van der Waals surface area contributed by atoms with Crippen molar-refractivity contribution < 1.29 is 14.3 Å². The zero-order valence-corrected chi connectivity index (χ0v) is 10.2. The second kappa shape index (κ2) is 5.84. The highest BCUT2D eigenvalue weighted by molar-refractivity contribution is 5.82. The topological polar surface area (TPSA) is 49.9 Å². The second-order valence-corrected chi connectivity index (χ2v) is 4.35. The first-order chi connectivity index (χ1) is 7.54. The van der Waals surface area contributed by atoms with Crippen molar-refractivity contribution in [3.8, 4) is 0 Å². The van der Waals surface area contributed by atoms with Crippen LogP contribution in [0.3, 0.4) is 0 Å². The second-order valence-electron chi connectivity index (χ2n) is 4.35. The number of methoxy groups -OCH3 is 1. The fourth-order valence-corrected chi connectivity index (χ4v) is 1.62. The lowest BCUT2D eigenvalue weighted by atomic mass is 10.1. The molecule has 1 heterocycles. The predicted octanol–water partition coefficient (Wildman–Crippen LogP) is 0.595. The molecule has 1 aliphatic heterocycles. The molecule has 92 valence electrons. The Kier molecular flexibility index (Phi) is 4.73. The third kappa shape index (κ3) is 3.48. The molecule has 0 atom stereocenters. The Labute approximate surface area is 96.3 Å². The minimum Gasteiger partial charge on any atom is -0.453 e. The van der Waals surface area contributed by atoms with E-state index in [1.165, 1.54) is 7.11 Å². The minimum atomic E-state index is -0.283. The van der Waals surface area contributed by atoms with Gasteiger partial charge >= 0.3 is 6.09 Å². The number of ether oxygens (including phenoxy) is 1. The number of amides is 1. The minimum absolute atomic E-state index is 0.0821. The van der Waals surface area contributed by atoms with Crippen LogP contribution in [-0.4, -0.2) is 61.5 Å². The van der Waals surface area contributed by atoms with Crippen molar-refractivity contribution in [1.82, 2.24) is 9.80 Å². The van der Waals surface area contributed by atoms with Gasteiger partial charge < -0.3 is 9.64 Å². The Balaban J connectivity index is 2.32. The third-order valence-electron chi connectivity index (χ3n) is 2.83. The summed E-state index contributed by atoms with van der Waals surface area (Å²) in [5.74, 6) is 0.338. The molecule has 0 unspecified atom stereocenters. The quantitative estimate of drug-likeness (QED) is 0.709. The summed E-state index contributed by atoms with van der Waals surface area (Å²) >= 11 is 0. The summed E-state index contributed by atoms with van der Waals surface area (Å²) in [6, 6.07) is 0. The van der Waals surface area contributed by atoms with Crippen molar-refractivity contribution in [1.29, 1.82) is 0 Å². The highest BCUT2D eigenvalue weighted by Gasteiger charge is 2.23. The van der Waals surface area contributed by atoms with Gasteiger partial charge in [-0.25, -0.2) is 4.79 Å². The van der Waals surface area contributed by atoms with Crippen LogP contribution in [0.25, 0.3) is 0 Å². The molecule has 0 radical (unpaired) electrons. The van der Waals surface area contributed by atoms with Crippen LogP contribution in [0.1, 0.15) is 13.8 Å². The highest BCUT2D eigenvalue weighted by atomic mass is 16.5. The van der Waals surface area contributed by atoms with Crippen LogP contribution in [0.2, 0.25) is 0 Å². The van der Waals surface area contributed by atoms with Gasteiger partial charge in [0.1, 0.15) is 5.78 Å². The lowest BCUT2D eigenvalue weighted by Gasteiger charge is -2.33. The van der Waals surface area contributed by atoms with Crippen LogP contribution in [0.4, 0.5) is 4.79 Å². The van der Waals surface area contributed by atoms with Gasteiger partial charge in [0.25, 0.3) is 0 Å². The average Bonchev–Trinajstić information content (AvgIpc) is 2.28. The molecule has 1 rings (SSSR count). The van der Waals surface area contributed by atoms with Gasteiger partial charge in [0.05, 0.1) is 13.7 Å². The molecule has 16 heavy (non-hydrogen) atoms. The van der Waals surface area contributed by atoms with Crippen LogP contribution in [0.15, 0.2) is 0 Å². The number of hydrogen-bond donors (Lipinski definition) is 0. The largest absolute Gasteiger partial charge is 0.453 e. The summed E-state index contributed by atoms with van der Waals surface area (Å²) in [6.45, 7) is 7.07. The number of carbonyl (C=O) groups excluding carboxylic acids is 2. The maximum atomic E-state index is 11.5. The van der Waals surface area contributed by atoms with E-state index < -0.39 is 0 Å². The normalized spacial score (nSPS) is 17.6. The summed E-state index contributed by atoms with van der Waals surface area (Å²) in [5.41, 5.74) is 0. The number of piperazine rings is 1. The standard InChI is InChI=1S/C11H20N2O3/c1-9(2)10(14)8-12-4-6-13(7-5-12)11(15)16-3/h9H,4-8H2,1-3H3. The number of carbonyl (C=O) groups is 2. The zero-order valence-electron chi connectivity index (χ0n) is 10.2. The van der Waals surface area contributed by atoms with E-state index in [1.54, 1.807) is 4.90 Å². The van der Waals surface area contributed by atoms with E-state index in [2.05, 4.69) is 9.64 Å². The van der Waals surface area contributed by atoms with E-state index in [0.29, 0.717) is 19.6 Å². The van der Waals surface area contributed by atoms with Crippen LogP contribution >= 0.6 is 0 Å². The summed E-state index contributed by atoms with van der Waals surface area (Å²) in [6.07, 6.45) is -0.283. The maximum absolute atomic E-state index is 11.5. The van der Waals surface area contributed by atoms with Crippen molar-refractivity contribution in [3.63, 3.8) is 0 Å². The molecule has 5 nitrogen and oxygen atoms in total. The Hall–Kier alpha value is -1.10.